The van der Waals surface area contributed by atoms with Crippen LogP contribution in [0.1, 0.15) is 22.5 Å². The van der Waals surface area contributed by atoms with Crippen LogP contribution in [0.4, 0.5) is 8.78 Å². The van der Waals surface area contributed by atoms with E-state index in [1.807, 2.05) is 0 Å². The summed E-state index contributed by atoms with van der Waals surface area (Å²) in [7, 11) is 0. The van der Waals surface area contributed by atoms with Crippen molar-refractivity contribution in [2.75, 3.05) is 0 Å². The smallest absolute Gasteiger partial charge is 0.268 e. The first-order valence-electron chi connectivity index (χ1n) is 3.18. The molecule has 1 heterocycles. The van der Waals surface area contributed by atoms with E-state index >= 15 is 0 Å². The van der Waals surface area contributed by atoms with Crippen LogP contribution in [0.25, 0.3) is 0 Å². The minimum absolute atomic E-state index is 0.0226. The Morgan fingerprint density at radius 3 is 2.69 bits per heavy atom. The van der Waals surface area contributed by atoms with E-state index in [2.05, 4.69) is 20.9 Å². The molecule has 1 aromatic rings. The third kappa shape index (κ3) is 1.82. The SMILES string of the molecule is O=Cc1ncc(Br)c(C(F)F)c1O. The lowest BCUT2D eigenvalue weighted by molar-refractivity contribution is 0.111. The molecule has 0 atom stereocenters. The summed E-state index contributed by atoms with van der Waals surface area (Å²) in [4.78, 5) is 13.7. The molecule has 0 spiro atoms. The number of alkyl halides is 2. The largest absolute Gasteiger partial charge is 0.505 e. The highest BCUT2D eigenvalue weighted by atomic mass is 79.9. The Morgan fingerprint density at radius 2 is 2.23 bits per heavy atom. The first-order valence-corrected chi connectivity index (χ1v) is 3.98. The van der Waals surface area contributed by atoms with Gasteiger partial charge in [0.25, 0.3) is 6.43 Å². The summed E-state index contributed by atoms with van der Waals surface area (Å²) in [5, 5.41) is 9.14. The van der Waals surface area contributed by atoms with Crippen LogP contribution in [0.5, 0.6) is 5.75 Å². The van der Waals surface area contributed by atoms with Crippen molar-refractivity contribution in [3.8, 4) is 5.75 Å². The zero-order valence-electron chi connectivity index (χ0n) is 6.17. The van der Waals surface area contributed by atoms with E-state index < -0.39 is 23.4 Å². The van der Waals surface area contributed by atoms with E-state index in [1.54, 1.807) is 0 Å². The number of aromatic nitrogens is 1. The first kappa shape index (κ1) is 10.0. The summed E-state index contributed by atoms with van der Waals surface area (Å²) in [6.45, 7) is 0. The van der Waals surface area contributed by atoms with Gasteiger partial charge in [-0.25, -0.2) is 13.8 Å². The fourth-order valence-corrected chi connectivity index (χ4v) is 1.27. The van der Waals surface area contributed by atoms with Crippen molar-refractivity contribution in [3.63, 3.8) is 0 Å². The van der Waals surface area contributed by atoms with Crippen molar-refractivity contribution in [1.29, 1.82) is 0 Å². The number of hydrogen-bond acceptors (Lipinski definition) is 3. The fourth-order valence-electron chi connectivity index (χ4n) is 0.802. The summed E-state index contributed by atoms with van der Waals surface area (Å²) in [6, 6.07) is 0. The maximum Gasteiger partial charge on any atom is 0.268 e. The van der Waals surface area contributed by atoms with Crippen molar-refractivity contribution in [2.45, 2.75) is 6.43 Å². The Kier molecular flexibility index (Phi) is 2.92. The van der Waals surface area contributed by atoms with E-state index in [-0.39, 0.29) is 10.8 Å². The Labute approximate surface area is 80.5 Å². The maximum atomic E-state index is 12.3. The molecule has 0 radical (unpaired) electrons. The van der Waals surface area contributed by atoms with Gasteiger partial charge in [-0.3, -0.25) is 4.79 Å². The highest BCUT2D eigenvalue weighted by Crippen LogP contribution is 2.35. The molecule has 3 nitrogen and oxygen atoms in total. The van der Waals surface area contributed by atoms with Crippen molar-refractivity contribution in [2.24, 2.45) is 0 Å². The van der Waals surface area contributed by atoms with Gasteiger partial charge >= 0.3 is 0 Å². The molecule has 0 amide bonds. The van der Waals surface area contributed by atoms with Crippen LogP contribution < -0.4 is 0 Å². The molecule has 0 aliphatic rings. The van der Waals surface area contributed by atoms with E-state index in [0.717, 1.165) is 6.20 Å². The summed E-state index contributed by atoms with van der Waals surface area (Å²) in [5.74, 6) is -0.778. The van der Waals surface area contributed by atoms with Crippen LogP contribution in [0.3, 0.4) is 0 Å². The summed E-state index contributed by atoms with van der Waals surface area (Å²) in [6.07, 6.45) is -1.59. The summed E-state index contributed by atoms with van der Waals surface area (Å²) in [5.41, 5.74) is -1.00. The number of nitrogens with zero attached hydrogens (tertiary/aromatic N) is 1. The third-order valence-electron chi connectivity index (χ3n) is 1.40. The molecule has 13 heavy (non-hydrogen) atoms. The van der Waals surface area contributed by atoms with E-state index in [9.17, 15) is 13.6 Å². The molecule has 0 unspecified atom stereocenters. The van der Waals surface area contributed by atoms with Gasteiger partial charge in [-0.15, -0.1) is 0 Å². The molecule has 1 rings (SSSR count). The number of pyridine rings is 1. The summed E-state index contributed by atoms with van der Waals surface area (Å²) < 4.78 is 24.5. The maximum absolute atomic E-state index is 12.3. The standard InChI is InChI=1S/C7H4BrF2NO2/c8-3-1-11-4(2-12)6(13)5(3)7(9)10/h1-2,7,13H. The van der Waals surface area contributed by atoms with Crippen LogP contribution in [0.15, 0.2) is 10.7 Å². The normalized spacial score (nSPS) is 10.5. The molecule has 1 aromatic heterocycles. The van der Waals surface area contributed by atoms with Gasteiger partial charge in [0.1, 0.15) is 5.69 Å². The monoisotopic (exact) mass is 251 g/mol. The number of rotatable bonds is 2. The van der Waals surface area contributed by atoms with Gasteiger partial charge in [0, 0.05) is 10.7 Å². The van der Waals surface area contributed by atoms with Gasteiger partial charge in [-0.1, -0.05) is 0 Å². The average Bonchev–Trinajstić information content (AvgIpc) is 2.04. The number of hydrogen-bond donors (Lipinski definition) is 1. The molecule has 0 aliphatic heterocycles. The molecule has 0 saturated carbocycles. The van der Waals surface area contributed by atoms with Crippen LogP contribution in [-0.4, -0.2) is 16.4 Å². The average molecular weight is 252 g/mol. The molecular formula is C7H4BrF2NO2. The highest BCUT2D eigenvalue weighted by molar-refractivity contribution is 9.10. The molecule has 0 aliphatic carbocycles. The number of carbonyl (C=O) groups excluding carboxylic acids is 1. The highest BCUT2D eigenvalue weighted by Gasteiger charge is 2.20. The zero-order chi connectivity index (χ0) is 10.0. The quantitative estimate of drug-likeness (QED) is 0.821. The number of carbonyl (C=O) groups is 1. The lowest BCUT2D eigenvalue weighted by Gasteiger charge is -2.06. The van der Waals surface area contributed by atoms with Crippen molar-refractivity contribution in [1.82, 2.24) is 4.98 Å². The molecule has 0 aromatic carbocycles. The first-order chi connectivity index (χ1) is 6.07. The zero-order valence-corrected chi connectivity index (χ0v) is 7.75. The summed E-state index contributed by atoms with van der Waals surface area (Å²) >= 11 is 2.79. The van der Waals surface area contributed by atoms with E-state index in [1.165, 1.54) is 0 Å². The Hall–Kier alpha value is -1.04. The second-order valence-electron chi connectivity index (χ2n) is 2.17. The van der Waals surface area contributed by atoms with Crippen LogP contribution in [0, 0.1) is 0 Å². The Bertz CT molecular complexity index is 344. The minimum Gasteiger partial charge on any atom is -0.505 e. The predicted molar refractivity (Wildman–Crippen MR) is 43.9 cm³/mol. The molecule has 0 fully saturated rings. The van der Waals surface area contributed by atoms with Crippen LogP contribution in [0.2, 0.25) is 0 Å². The minimum atomic E-state index is -2.85. The van der Waals surface area contributed by atoms with E-state index in [4.69, 9.17) is 5.11 Å². The van der Waals surface area contributed by atoms with Crippen LogP contribution >= 0.6 is 15.9 Å². The van der Waals surface area contributed by atoms with Gasteiger partial charge < -0.3 is 5.11 Å². The second kappa shape index (κ2) is 3.78. The van der Waals surface area contributed by atoms with Gasteiger partial charge in [0.2, 0.25) is 0 Å². The van der Waals surface area contributed by atoms with Gasteiger partial charge in [0.05, 0.1) is 5.56 Å². The molecule has 0 saturated heterocycles. The topological polar surface area (TPSA) is 50.2 Å². The molecule has 70 valence electrons. The lowest BCUT2D eigenvalue weighted by Crippen LogP contribution is -1.95. The fraction of sp³-hybridized carbons (Fsp3) is 0.143. The van der Waals surface area contributed by atoms with Gasteiger partial charge in [0.15, 0.2) is 12.0 Å². The Morgan fingerprint density at radius 1 is 1.62 bits per heavy atom. The molecule has 1 N–H and O–H groups in total. The third-order valence-corrected chi connectivity index (χ3v) is 2.03. The molecule has 0 bridgehead atoms. The second-order valence-corrected chi connectivity index (χ2v) is 3.03. The van der Waals surface area contributed by atoms with E-state index in [0.29, 0.717) is 0 Å². The number of aldehydes is 1. The van der Waals surface area contributed by atoms with Gasteiger partial charge in [-0.2, -0.15) is 0 Å². The Balaban J connectivity index is 3.38. The lowest BCUT2D eigenvalue weighted by atomic mass is 10.2. The van der Waals surface area contributed by atoms with Crippen molar-refractivity contribution >= 4 is 22.2 Å². The van der Waals surface area contributed by atoms with Crippen molar-refractivity contribution in [3.05, 3.63) is 21.9 Å². The van der Waals surface area contributed by atoms with Crippen LogP contribution in [-0.2, 0) is 0 Å². The predicted octanol–water partition coefficient (Wildman–Crippen LogP) is 2.30. The van der Waals surface area contributed by atoms with Crippen molar-refractivity contribution < 1.29 is 18.7 Å². The number of aromatic hydroxyl groups is 1. The number of halogens is 3. The van der Waals surface area contributed by atoms with Gasteiger partial charge in [-0.05, 0) is 15.9 Å². The molecular weight excluding hydrogens is 248 g/mol. The molecule has 6 heteroatoms.